The van der Waals surface area contributed by atoms with Crippen LogP contribution in [0.3, 0.4) is 0 Å². The maximum atomic E-state index is 2.57. The van der Waals surface area contributed by atoms with Crippen molar-refractivity contribution in [2.45, 2.75) is 75.0 Å². The van der Waals surface area contributed by atoms with Crippen molar-refractivity contribution >= 4 is 34.5 Å². The zero-order valence-corrected chi connectivity index (χ0v) is 20.9. The molecular formula is C29H32N2S. The molecule has 0 spiro atoms. The molecule has 2 heterocycles. The number of fused-ring (bicyclic) bond motifs is 3. The summed E-state index contributed by atoms with van der Waals surface area (Å²) in [5.74, 6) is 0. The number of hydrogen-bond acceptors (Lipinski definition) is 3. The maximum Gasteiger partial charge on any atom is 0.100 e. The van der Waals surface area contributed by atoms with Crippen LogP contribution in [0.2, 0.25) is 0 Å². The molecule has 0 amide bonds. The van der Waals surface area contributed by atoms with Gasteiger partial charge in [0.05, 0.1) is 17.1 Å². The van der Waals surface area contributed by atoms with Crippen LogP contribution in [0.25, 0.3) is 0 Å². The van der Waals surface area contributed by atoms with E-state index in [1.54, 1.807) is 11.1 Å². The number of nitrogens with zero attached hydrogens (tertiary/aromatic N) is 2. The highest BCUT2D eigenvalue weighted by atomic mass is 32.2. The first-order valence-electron chi connectivity index (χ1n) is 11.8. The van der Waals surface area contributed by atoms with Gasteiger partial charge in [-0.1, -0.05) is 63.7 Å². The van der Waals surface area contributed by atoms with Crippen LogP contribution in [0.5, 0.6) is 0 Å². The van der Waals surface area contributed by atoms with Gasteiger partial charge < -0.3 is 9.80 Å². The van der Waals surface area contributed by atoms with Crippen molar-refractivity contribution in [2.24, 2.45) is 0 Å². The summed E-state index contributed by atoms with van der Waals surface area (Å²) >= 11 is 1.95. The molecule has 32 heavy (non-hydrogen) atoms. The lowest BCUT2D eigenvalue weighted by molar-refractivity contribution is 0.331. The summed E-state index contributed by atoms with van der Waals surface area (Å²) in [6.07, 6.45) is 2.50. The first-order chi connectivity index (χ1) is 15.2. The molecular weight excluding hydrogens is 408 g/mol. The molecule has 0 radical (unpaired) electrons. The Kier molecular flexibility index (Phi) is 4.16. The summed E-state index contributed by atoms with van der Waals surface area (Å²) in [6, 6.07) is 18.5. The second kappa shape index (κ2) is 6.57. The molecule has 2 nitrogen and oxygen atoms in total. The Bertz CT molecular complexity index is 1250. The average Bonchev–Trinajstić information content (AvgIpc) is 3.12. The van der Waals surface area contributed by atoms with E-state index in [9.17, 15) is 0 Å². The van der Waals surface area contributed by atoms with E-state index >= 15 is 0 Å². The maximum absolute atomic E-state index is 2.57. The van der Waals surface area contributed by atoms with Crippen molar-refractivity contribution in [2.75, 3.05) is 16.5 Å². The van der Waals surface area contributed by atoms with Crippen LogP contribution in [0, 0.1) is 13.8 Å². The highest BCUT2D eigenvalue weighted by Gasteiger charge is 2.41. The molecule has 0 fully saturated rings. The fourth-order valence-electron chi connectivity index (χ4n) is 5.98. The SMILES string of the molecule is Cc1cccc(C)c1N1CN2c3cc4c(cc3Sc3cccc1c32)C(C)(C)CCC4(C)C. The normalized spacial score (nSPS) is 19.4. The van der Waals surface area contributed by atoms with Crippen LogP contribution >= 0.6 is 11.8 Å². The zero-order chi connectivity index (χ0) is 22.4. The van der Waals surface area contributed by atoms with Gasteiger partial charge in [0.1, 0.15) is 6.67 Å². The zero-order valence-electron chi connectivity index (χ0n) is 20.0. The van der Waals surface area contributed by atoms with Crippen LogP contribution < -0.4 is 9.80 Å². The van der Waals surface area contributed by atoms with Gasteiger partial charge in [0.2, 0.25) is 0 Å². The van der Waals surface area contributed by atoms with Crippen LogP contribution in [0.1, 0.15) is 62.8 Å². The molecule has 1 aliphatic carbocycles. The molecule has 3 aromatic rings. The fraction of sp³-hybridized carbons (Fsp3) is 0.379. The standard InChI is InChI=1S/C29H32N2S/c1-18-9-7-10-19(2)26(18)30-17-31-23-15-20-21(29(5,6)14-13-28(20,3)4)16-25(23)32-24-12-8-11-22(30)27(24)31/h7-12,15-16H,13-14,17H2,1-6H3. The number of aryl methyl sites for hydroxylation is 2. The van der Waals surface area contributed by atoms with Gasteiger partial charge >= 0.3 is 0 Å². The molecule has 0 unspecified atom stereocenters. The van der Waals surface area contributed by atoms with Crippen molar-refractivity contribution in [1.29, 1.82) is 0 Å². The smallest absolute Gasteiger partial charge is 0.100 e. The van der Waals surface area contributed by atoms with Crippen LogP contribution in [-0.2, 0) is 10.8 Å². The Balaban J connectivity index is 1.55. The van der Waals surface area contributed by atoms with Gasteiger partial charge in [0.25, 0.3) is 0 Å². The molecule has 6 rings (SSSR count). The number of rotatable bonds is 1. The largest absolute Gasteiger partial charge is 0.320 e. The molecule has 3 aromatic carbocycles. The summed E-state index contributed by atoms with van der Waals surface area (Å²) in [6.45, 7) is 15.0. The molecule has 0 atom stereocenters. The summed E-state index contributed by atoms with van der Waals surface area (Å²) in [4.78, 5) is 7.87. The lowest BCUT2D eigenvalue weighted by Gasteiger charge is -2.43. The van der Waals surface area contributed by atoms with E-state index in [0.717, 1.165) is 6.67 Å². The Morgan fingerprint density at radius 1 is 0.688 bits per heavy atom. The molecule has 0 saturated heterocycles. The first-order valence-corrected chi connectivity index (χ1v) is 12.6. The van der Waals surface area contributed by atoms with Gasteiger partial charge in [-0.15, -0.1) is 0 Å². The van der Waals surface area contributed by atoms with Gasteiger partial charge in [0.15, 0.2) is 0 Å². The second-order valence-corrected chi connectivity index (χ2v) is 12.2. The third-order valence-corrected chi connectivity index (χ3v) is 9.07. The Labute approximate surface area is 196 Å². The molecule has 0 saturated carbocycles. The van der Waals surface area contributed by atoms with Gasteiger partial charge in [0, 0.05) is 15.5 Å². The lowest BCUT2D eigenvalue weighted by atomic mass is 9.63. The molecule has 0 N–H and O–H groups in total. The van der Waals surface area contributed by atoms with Crippen molar-refractivity contribution < 1.29 is 0 Å². The van der Waals surface area contributed by atoms with E-state index in [2.05, 4.69) is 99.9 Å². The molecule has 0 aromatic heterocycles. The Morgan fingerprint density at radius 2 is 1.28 bits per heavy atom. The number of anilines is 4. The van der Waals surface area contributed by atoms with E-state index in [-0.39, 0.29) is 10.8 Å². The van der Waals surface area contributed by atoms with Crippen LogP contribution in [0.15, 0.2) is 58.3 Å². The average molecular weight is 441 g/mol. The third-order valence-electron chi connectivity index (χ3n) is 7.97. The van der Waals surface area contributed by atoms with Gasteiger partial charge in [-0.25, -0.2) is 0 Å². The second-order valence-electron chi connectivity index (χ2n) is 11.1. The number of hydrogen-bond donors (Lipinski definition) is 0. The highest BCUT2D eigenvalue weighted by molar-refractivity contribution is 7.99. The summed E-state index contributed by atoms with van der Waals surface area (Å²) in [7, 11) is 0. The van der Waals surface area contributed by atoms with E-state index in [4.69, 9.17) is 0 Å². The molecule has 164 valence electrons. The molecule has 2 aliphatic heterocycles. The highest BCUT2D eigenvalue weighted by Crippen LogP contribution is 2.59. The predicted molar refractivity (Wildman–Crippen MR) is 137 cm³/mol. The van der Waals surface area contributed by atoms with Gasteiger partial charge in [-0.3, -0.25) is 0 Å². The Morgan fingerprint density at radius 3 is 1.97 bits per heavy atom. The predicted octanol–water partition coefficient (Wildman–Crippen LogP) is 8.36. The minimum Gasteiger partial charge on any atom is -0.320 e. The van der Waals surface area contributed by atoms with E-state index in [1.807, 2.05) is 11.8 Å². The number of benzene rings is 3. The molecule has 3 heteroatoms. The summed E-state index contributed by atoms with van der Waals surface area (Å²) in [5, 5.41) is 0. The van der Waals surface area contributed by atoms with E-state index < -0.39 is 0 Å². The minimum atomic E-state index is 0.219. The number of para-hydroxylation sites is 2. The molecule has 3 aliphatic rings. The Hall–Kier alpha value is -2.39. The quantitative estimate of drug-likeness (QED) is 0.375. The topological polar surface area (TPSA) is 6.48 Å². The van der Waals surface area contributed by atoms with Crippen molar-refractivity contribution in [3.8, 4) is 0 Å². The minimum absolute atomic E-state index is 0.219. The van der Waals surface area contributed by atoms with E-state index in [1.165, 1.54) is 56.5 Å². The van der Waals surface area contributed by atoms with E-state index in [0.29, 0.717) is 0 Å². The van der Waals surface area contributed by atoms with Crippen molar-refractivity contribution in [1.82, 2.24) is 0 Å². The molecule has 0 bridgehead atoms. The third kappa shape index (κ3) is 2.73. The monoisotopic (exact) mass is 440 g/mol. The van der Waals surface area contributed by atoms with Gasteiger partial charge in [-0.2, -0.15) is 0 Å². The van der Waals surface area contributed by atoms with Crippen molar-refractivity contribution in [3.63, 3.8) is 0 Å². The first kappa shape index (κ1) is 20.2. The van der Waals surface area contributed by atoms with Crippen molar-refractivity contribution in [3.05, 3.63) is 70.8 Å². The summed E-state index contributed by atoms with van der Waals surface area (Å²) < 4.78 is 0. The van der Waals surface area contributed by atoms with Crippen LogP contribution in [0.4, 0.5) is 22.7 Å². The lowest BCUT2D eigenvalue weighted by Crippen LogP contribution is -2.35. The van der Waals surface area contributed by atoms with Gasteiger partial charge in [-0.05, 0) is 84.0 Å². The van der Waals surface area contributed by atoms with Crippen LogP contribution in [-0.4, -0.2) is 6.67 Å². The fourth-order valence-corrected chi connectivity index (χ4v) is 7.13. The summed E-state index contributed by atoms with van der Waals surface area (Å²) in [5.41, 5.74) is 11.6.